The summed E-state index contributed by atoms with van der Waals surface area (Å²) in [5.74, 6) is 6.04. The highest BCUT2D eigenvalue weighted by Crippen LogP contribution is 2.06. The van der Waals surface area contributed by atoms with Gasteiger partial charge in [0.1, 0.15) is 0 Å². The number of benzene rings is 1. The molecule has 1 unspecified atom stereocenters. The summed E-state index contributed by atoms with van der Waals surface area (Å²) in [5.41, 5.74) is 1.39. The summed E-state index contributed by atoms with van der Waals surface area (Å²) in [7, 11) is 2.02. The molecule has 0 heterocycles. The van der Waals surface area contributed by atoms with E-state index in [1.54, 1.807) is 0 Å². The number of nitrogens with one attached hydrogen (secondary N) is 1. The molecule has 1 N–H and O–H groups in total. The molecule has 0 saturated heterocycles. The Morgan fingerprint density at radius 2 is 2.00 bits per heavy atom. The van der Waals surface area contributed by atoms with Crippen LogP contribution < -0.4 is 5.32 Å². The van der Waals surface area contributed by atoms with Gasteiger partial charge in [0.05, 0.1) is 0 Å². The van der Waals surface area contributed by atoms with Gasteiger partial charge < -0.3 is 5.32 Å². The lowest BCUT2D eigenvalue weighted by atomic mass is 10.0. The first kappa shape index (κ1) is 11.8. The van der Waals surface area contributed by atoms with Gasteiger partial charge in [-0.2, -0.15) is 0 Å². The van der Waals surface area contributed by atoms with Crippen molar-refractivity contribution in [3.63, 3.8) is 0 Å². The lowest BCUT2D eigenvalue weighted by Gasteiger charge is -2.14. The molecule has 1 atom stereocenters. The van der Waals surface area contributed by atoms with E-state index in [1.807, 2.05) is 14.0 Å². The zero-order valence-corrected chi connectivity index (χ0v) is 9.59. The van der Waals surface area contributed by atoms with Crippen LogP contribution in [0, 0.1) is 11.8 Å². The van der Waals surface area contributed by atoms with Crippen molar-refractivity contribution in [1.29, 1.82) is 0 Å². The first-order valence-electron chi connectivity index (χ1n) is 5.47. The quantitative estimate of drug-likeness (QED) is 0.722. The van der Waals surface area contributed by atoms with Crippen molar-refractivity contribution in [3.05, 3.63) is 35.9 Å². The molecular formula is C14H19N. The molecule has 0 aliphatic heterocycles. The third-order valence-corrected chi connectivity index (χ3v) is 2.53. The van der Waals surface area contributed by atoms with E-state index in [0.717, 1.165) is 19.3 Å². The molecule has 1 nitrogen and oxygen atoms in total. The summed E-state index contributed by atoms with van der Waals surface area (Å²) in [6, 6.07) is 11.1. The average molecular weight is 201 g/mol. The Morgan fingerprint density at radius 1 is 1.27 bits per heavy atom. The molecule has 1 rings (SSSR count). The van der Waals surface area contributed by atoms with Crippen LogP contribution in [0.2, 0.25) is 0 Å². The molecule has 1 aromatic carbocycles. The predicted molar refractivity (Wildman–Crippen MR) is 65.7 cm³/mol. The van der Waals surface area contributed by atoms with E-state index in [1.165, 1.54) is 5.56 Å². The lowest BCUT2D eigenvalue weighted by Crippen LogP contribution is -2.27. The van der Waals surface area contributed by atoms with Crippen LogP contribution in [0.1, 0.15) is 25.3 Å². The Kier molecular flexibility index (Phi) is 5.58. The monoisotopic (exact) mass is 201 g/mol. The minimum absolute atomic E-state index is 0.535. The largest absolute Gasteiger partial charge is 0.317 e. The summed E-state index contributed by atoms with van der Waals surface area (Å²) < 4.78 is 0. The van der Waals surface area contributed by atoms with Gasteiger partial charge in [-0.15, -0.1) is 11.8 Å². The fraction of sp³-hybridized carbons (Fsp3) is 0.429. The molecule has 0 aliphatic carbocycles. The minimum Gasteiger partial charge on any atom is -0.317 e. The molecule has 0 aliphatic rings. The molecule has 1 heteroatoms. The highest BCUT2D eigenvalue weighted by Gasteiger charge is 2.05. The van der Waals surface area contributed by atoms with Crippen molar-refractivity contribution >= 4 is 0 Å². The Morgan fingerprint density at radius 3 is 2.60 bits per heavy atom. The second-order valence-corrected chi connectivity index (χ2v) is 3.64. The number of likely N-dealkylation sites (N-methyl/N-ethyl adjacent to an activating group) is 1. The van der Waals surface area contributed by atoms with Crippen molar-refractivity contribution in [3.8, 4) is 11.8 Å². The summed E-state index contributed by atoms with van der Waals surface area (Å²) in [6.45, 7) is 1.89. The van der Waals surface area contributed by atoms with Gasteiger partial charge in [-0.1, -0.05) is 30.3 Å². The van der Waals surface area contributed by atoms with Gasteiger partial charge >= 0.3 is 0 Å². The van der Waals surface area contributed by atoms with Crippen LogP contribution in [-0.4, -0.2) is 13.1 Å². The third-order valence-electron chi connectivity index (χ3n) is 2.53. The summed E-state index contributed by atoms with van der Waals surface area (Å²) in [4.78, 5) is 0. The van der Waals surface area contributed by atoms with E-state index < -0.39 is 0 Å². The van der Waals surface area contributed by atoms with E-state index in [4.69, 9.17) is 0 Å². The Hall–Kier alpha value is -1.26. The van der Waals surface area contributed by atoms with E-state index in [2.05, 4.69) is 47.5 Å². The minimum atomic E-state index is 0.535. The maximum absolute atomic E-state index is 3.34. The number of rotatable bonds is 5. The van der Waals surface area contributed by atoms with Crippen LogP contribution in [0.25, 0.3) is 0 Å². The molecule has 0 bridgehead atoms. The first-order valence-corrected chi connectivity index (χ1v) is 5.47. The fourth-order valence-electron chi connectivity index (χ4n) is 1.62. The van der Waals surface area contributed by atoms with Gasteiger partial charge in [0.25, 0.3) is 0 Å². The molecular weight excluding hydrogens is 182 g/mol. The van der Waals surface area contributed by atoms with Gasteiger partial charge in [0, 0.05) is 12.5 Å². The molecule has 0 aromatic heterocycles. The maximum atomic E-state index is 3.34. The Bertz CT molecular complexity index is 318. The van der Waals surface area contributed by atoms with Crippen molar-refractivity contribution in [2.45, 2.75) is 32.2 Å². The standard InChI is InChI=1S/C14H19N/c1-3-4-6-11-14(15-2)12-13-9-7-5-8-10-13/h5,7-10,14-15H,6,11-12H2,1-2H3. The van der Waals surface area contributed by atoms with Crippen LogP contribution in [0.3, 0.4) is 0 Å². The van der Waals surface area contributed by atoms with Gasteiger partial charge in [-0.25, -0.2) is 0 Å². The van der Waals surface area contributed by atoms with E-state index in [9.17, 15) is 0 Å². The van der Waals surface area contributed by atoms with E-state index in [0.29, 0.717) is 6.04 Å². The van der Waals surface area contributed by atoms with Crippen LogP contribution in [0.5, 0.6) is 0 Å². The van der Waals surface area contributed by atoms with Crippen molar-refractivity contribution in [2.75, 3.05) is 7.05 Å². The smallest absolute Gasteiger partial charge is 0.0113 e. The Balaban J connectivity index is 2.42. The van der Waals surface area contributed by atoms with E-state index in [-0.39, 0.29) is 0 Å². The second-order valence-electron chi connectivity index (χ2n) is 3.64. The van der Waals surface area contributed by atoms with Gasteiger partial charge in [0.15, 0.2) is 0 Å². The average Bonchev–Trinajstić information content (AvgIpc) is 2.29. The number of hydrogen-bond donors (Lipinski definition) is 1. The molecule has 0 saturated carbocycles. The normalized spacial score (nSPS) is 11.6. The zero-order valence-electron chi connectivity index (χ0n) is 9.59. The molecule has 0 spiro atoms. The van der Waals surface area contributed by atoms with Crippen LogP contribution in [-0.2, 0) is 6.42 Å². The van der Waals surface area contributed by atoms with Crippen molar-refractivity contribution in [2.24, 2.45) is 0 Å². The number of hydrogen-bond acceptors (Lipinski definition) is 1. The second kappa shape index (κ2) is 7.09. The van der Waals surface area contributed by atoms with Gasteiger partial charge in [0.2, 0.25) is 0 Å². The summed E-state index contributed by atoms with van der Waals surface area (Å²) in [6.07, 6.45) is 3.18. The fourth-order valence-corrected chi connectivity index (χ4v) is 1.62. The SMILES string of the molecule is CC#CCCC(Cc1ccccc1)NC. The highest BCUT2D eigenvalue weighted by atomic mass is 14.9. The maximum Gasteiger partial charge on any atom is 0.0113 e. The van der Waals surface area contributed by atoms with Crippen molar-refractivity contribution in [1.82, 2.24) is 5.32 Å². The van der Waals surface area contributed by atoms with E-state index >= 15 is 0 Å². The van der Waals surface area contributed by atoms with Crippen LogP contribution in [0.15, 0.2) is 30.3 Å². The van der Waals surface area contributed by atoms with Crippen molar-refractivity contribution < 1.29 is 0 Å². The molecule has 0 amide bonds. The molecule has 80 valence electrons. The van der Waals surface area contributed by atoms with Gasteiger partial charge in [-0.05, 0) is 32.4 Å². The molecule has 0 fully saturated rings. The zero-order chi connectivity index (χ0) is 10.9. The topological polar surface area (TPSA) is 12.0 Å². The van der Waals surface area contributed by atoms with Gasteiger partial charge in [-0.3, -0.25) is 0 Å². The first-order chi connectivity index (χ1) is 7.36. The molecule has 0 radical (unpaired) electrons. The molecule has 1 aromatic rings. The summed E-state index contributed by atoms with van der Waals surface area (Å²) in [5, 5.41) is 3.34. The molecule has 15 heavy (non-hydrogen) atoms. The third kappa shape index (κ3) is 4.67. The van der Waals surface area contributed by atoms with Crippen LogP contribution in [0.4, 0.5) is 0 Å². The lowest BCUT2D eigenvalue weighted by molar-refractivity contribution is 0.528. The van der Waals surface area contributed by atoms with Crippen LogP contribution >= 0.6 is 0 Å². The summed E-state index contributed by atoms with van der Waals surface area (Å²) >= 11 is 0. The highest BCUT2D eigenvalue weighted by molar-refractivity contribution is 5.16. The predicted octanol–water partition coefficient (Wildman–Crippen LogP) is 2.62. The Labute approximate surface area is 92.9 Å².